The molecule has 0 fully saturated rings. The maximum Gasteiger partial charge on any atom is 0.153 e. The monoisotopic (exact) mass is 263 g/mol. The highest BCUT2D eigenvalue weighted by Crippen LogP contribution is 2.44. The molecule has 0 amide bonds. The van der Waals surface area contributed by atoms with Gasteiger partial charge in [-0.3, -0.25) is 4.79 Å². The molecule has 0 aliphatic carbocycles. The predicted molar refractivity (Wildman–Crippen MR) is 76.5 cm³/mol. The summed E-state index contributed by atoms with van der Waals surface area (Å²) >= 11 is 0. The van der Waals surface area contributed by atoms with Crippen LogP contribution in [0.25, 0.3) is 0 Å². The third kappa shape index (κ3) is 2.38. The lowest BCUT2D eigenvalue weighted by Crippen LogP contribution is -2.48. The number of benzene rings is 1. The second kappa shape index (κ2) is 4.95. The fraction of sp³-hybridized carbons (Fsp3) is 0.562. The fourth-order valence-corrected chi connectivity index (χ4v) is 3.26. The average Bonchev–Trinajstić information content (AvgIpc) is 2.33. The zero-order chi connectivity index (χ0) is 14.2. The minimum atomic E-state index is -0.417. The van der Waals surface area contributed by atoms with E-state index in [1.807, 2.05) is 0 Å². The molecule has 1 aliphatic rings. The van der Waals surface area contributed by atoms with E-state index in [4.69, 9.17) is 0 Å². The lowest BCUT2D eigenvalue weighted by atomic mass is 9.79. The van der Waals surface area contributed by atoms with Crippen LogP contribution in [0.1, 0.15) is 62.4 Å². The quantitative estimate of drug-likeness (QED) is 0.764. The first kappa shape index (κ1) is 14.0. The van der Waals surface area contributed by atoms with E-state index >= 15 is 0 Å². The Labute approximate surface area is 114 Å². The van der Waals surface area contributed by atoms with Crippen LogP contribution < -0.4 is 4.90 Å². The SMILES string of the molecule is CCCN1c2cc(F)c(C=O)cc2C(C)CC1(C)C. The van der Waals surface area contributed by atoms with Crippen molar-refractivity contribution >= 4 is 12.0 Å². The molecule has 0 N–H and O–H groups in total. The molecule has 2 rings (SSSR count). The number of aldehydes is 1. The number of carbonyl (C=O) groups excluding carboxylic acids is 1. The predicted octanol–water partition coefficient (Wildman–Crippen LogP) is 4.14. The summed E-state index contributed by atoms with van der Waals surface area (Å²) in [6, 6.07) is 3.26. The molecule has 1 unspecified atom stereocenters. The number of hydrogen-bond donors (Lipinski definition) is 0. The van der Waals surface area contributed by atoms with Crippen LogP contribution in [0.5, 0.6) is 0 Å². The van der Waals surface area contributed by atoms with Crippen molar-refractivity contribution in [2.24, 2.45) is 0 Å². The van der Waals surface area contributed by atoms with Crippen LogP contribution in [0.3, 0.4) is 0 Å². The van der Waals surface area contributed by atoms with Crippen molar-refractivity contribution in [2.45, 2.75) is 52.0 Å². The van der Waals surface area contributed by atoms with E-state index in [2.05, 4.69) is 32.6 Å². The van der Waals surface area contributed by atoms with Crippen molar-refractivity contribution in [3.63, 3.8) is 0 Å². The number of fused-ring (bicyclic) bond motifs is 1. The fourth-order valence-electron chi connectivity index (χ4n) is 3.26. The van der Waals surface area contributed by atoms with E-state index in [-0.39, 0.29) is 11.1 Å². The van der Waals surface area contributed by atoms with Crippen LogP contribution >= 0.6 is 0 Å². The maximum absolute atomic E-state index is 13.9. The summed E-state index contributed by atoms with van der Waals surface area (Å²) in [4.78, 5) is 13.2. The minimum absolute atomic E-state index is 0.0254. The summed E-state index contributed by atoms with van der Waals surface area (Å²) in [5.41, 5.74) is 2.24. The van der Waals surface area contributed by atoms with Crippen LogP contribution in [-0.2, 0) is 0 Å². The van der Waals surface area contributed by atoms with Crippen molar-refractivity contribution < 1.29 is 9.18 Å². The Balaban J connectivity index is 2.58. The van der Waals surface area contributed by atoms with Crippen molar-refractivity contribution in [2.75, 3.05) is 11.4 Å². The maximum atomic E-state index is 13.9. The first-order chi connectivity index (χ1) is 8.90. The van der Waals surface area contributed by atoms with Gasteiger partial charge in [-0.2, -0.15) is 0 Å². The van der Waals surface area contributed by atoms with Crippen molar-refractivity contribution in [3.8, 4) is 0 Å². The van der Waals surface area contributed by atoms with E-state index < -0.39 is 5.82 Å². The molecule has 0 spiro atoms. The van der Waals surface area contributed by atoms with Gasteiger partial charge < -0.3 is 4.90 Å². The highest BCUT2D eigenvalue weighted by atomic mass is 19.1. The molecule has 0 saturated heterocycles. The summed E-state index contributed by atoms with van der Waals surface area (Å²) in [5, 5.41) is 0. The third-order valence-corrected chi connectivity index (χ3v) is 4.08. The number of anilines is 1. The Morgan fingerprint density at radius 3 is 2.74 bits per heavy atom. The van der Waals surface area contributed by atoms with Crippen LogP contribution in [0.2, 0.25) is 0 Å². The van der Waals surface area contributed by atoms with Gasteiger partial charge in [0.15, 0.2) is 6.29 Å². The zero-order valence-corrected chi connectivity index (χ0v) is 12.2. The first-order valence-corrected chi connectivity index (χ1v) is 6.97. The molecule has 104 valence electrons. The molecule has 1 aromatic rings. The first-order valence-electron chi connectivity index (χ1n) is 6.97. The minimum Gasteiger partial charge on any atom is -0.366 e. The number of carbonyl (C=O) groups is 1. The van der Waals surface area contributed by atoms with Crippen molar-refractivity contribution in [1.82, 2.24) is 0 Å². The molecule has 3 heteroatoms. The summed E-state index contributed by atoms with van der Waals surface area (Å²) < 4.78 is 13.9. The summed E-state index contributed by atoms with van der Waals surface area (Å²) in [6.45, 7) is 9.59. The van der Waals surface area contributed by atoms with Crippen molar-refractivity contribution in [3.05, 3.63) is 29.1 Å². The number of nitrogens with zero attached hydrogens (tertiary/aromatic N) is 1. The van der Waals surface area contributed by atoms with Crippen molar-refractivity contribution in [1.29, 1.82) is 0 Å². The summed E-state index contributed by atoms with van der Waals surface area (Å²) in [5.74, 6) is -0.0721. The lowest BCUT2D eigenvalue weighted by Gasteiger charge is -2.47. The van der Waals surface area contributed by atoms with Crippen LogP contribution in [0.15, 0.2) is 12.1 Å². The van der Waals surface area contributed by atoms with Gasteiger partial charge in [0.05, 0.1) is 5.56 Å². The van der Waals surface area contributed by atoms with Gasteiger partial charge in [-0.1, -0.05) is 13.8 Å². The second-order valence-electron chi connectivity index (χ2n) is 6.12. The molecule has 1 atom stereocenters. The molecular weight excluding hydrogens is 241 g/mol. The molecule has 1 aromatic carbocycles. The van der Waals surface area contributed by atoms with E-state index in [0.717, 1.165) is 30.6 Å². The average molecular weight is 263 g/mol. The Morgan fingerprint density at radius 2 is 2.16 bits per heavy atom. The smallest absolute Gasteiger partial charge is 0.153 e. The van der Waals surface area contributed by atoms with Gasteiger partial charge in [-0.25, -0.2) is 4.39 Å². The molecule has 0 saturated carbocycles. The Morgan fingerprint density at radius 1 is 1.47 bits per heavy atom. The molecular formula is C16H22FNO. The van der Waals surface area contributed by atoms with Gasteiger partial charge in [0, 0.05) is 17.8 Å². The lowest BCUT2D eigenvalue weighted by molar-refractivity contribution is 0.111. The van der Waals surface area contributed by atoms with E-state index in [9.17, 15) is 9.18 Å². The topological polar surface area (TPSA) is 20.3 Å². The summed E-state index contributed by atoms with van der Waals surface area (Å²) in [6.07, 6.45) is 2.64. The molecule has 0 radical (unpaired) electrons. The highest BCUT2D eigenvalue weighted by Gasteiger charge is 2.36. The Hall–Kier alpha value is -1.38. The van der Waals surface area contributed by atoms with Gasteiger partial charge in [0.25, 0.3) is 0 Å². The van der Waals surface area contributed by atoms with E-state index in [0.29, 0.717) is 12.2 Å². The molecule has 0 bridgehead atoms. The molecule has 1 aliphatic heterocycles. The Bertz CT molecular complexity index is 496. The number of hydrogen-bond acceptors (Lipinski definition) is 2. The molecule has 0 aromatic heterocycles. The molecule has 2 nitrogen and oxygen atoms in total. The van der Waals surface area contributed by atoms with Gasteiger partial charge in [0.2, 0.25) is 0 Å². The Kier molecular flexibility index (Phi) is 3.66. The highest BCUT2D eigenvalue weighted by molar-refractivity contribution is 5.78. The normalized spacial score (nSPS) is 21.1. The standard InChI is InChI=1S/C16H22FNO/c1-5-6-18-15-8-14(17)12(10-19)7-13(15)11(2)9-16(18,3)4/h7-8,10-11H,5-6,9H2,1-4H3. The van der Waals surface area contributed by atoms with Crippen LogP contribution in [0.4, 0.5) is 10.1 Å². The van der Waals surface area contributed by atoms with Gasteiger partial charge in [-0.05, 0) is 50.3 Å². The third-order valence-electron chi connectivity index (χ3n) is 4.08. The van der Waals surface area contributed by atoms with Crippen LogP contribution in [0, 0.1) is 5.82 Å². The summed E-state index contributed by atoms with van der Waals surface area (Å²) in [7, 11) is 0. The van der Waals surface area contributed by atoms with Gasteiger partial charge in [0.1, 0.15) is 5.82 Å². The van der Waals surface area contributed by atoms with Gasteiger partial charge in [-0.15, -0.1) is 0 Å². The molecule has 19 heavy (non-hydrogen) atoms. The largest absolute Gasteiger partial charge is 0.366 e. The second-order valence-corrected chi connectivity index (χ2v) is 6.12. The number of halogens is 1. The van der Waals surface area contributed by atoms with E-state index in [1.54, 1.807) is 6.07 Å². The zero-order valence-electron chi connectivity index (χ0n) is 12.2. The van der Waals surface area contributed by atoms with Crippen LogP contribution in [-0.4, -0.2) is 18.4 Å². The van der Waals surface area contributed by atoms with Gasteiger partial charge >= 0.3 is 0 Å². The van der Waals surface area contributed by atoms with E-state index in [1.165, 1.54) is 6.07 Å². The number of rotatable bonds is 3. The molecule has 1 heterocycles.